The first-order chi connectivity index (χ1) is 15.5. The zero-order valence-corrected chi connectivity index (χ0v) is 20.3. The fraction of sp³-hybridized carbons (Fsp3) is 0.480. The van der Waals surface area contributed by atoms with Gasteiger partial charge in [0, 0.05) is 42.4 Å². The van der Waals surface area contributed by atoms with Gasteiger partial charge in [-0.15, -0.1) is 0 Å². The summed E-state index contributed by atoms with van der Waals surface area (Å²) in [6.07, 6.45) is 0. The highest BCUT2D eigenvalue weighted by Gasteiger charge is 2.19. The summed E-state index contributed by atoms with van der Waals surface area (Å²) in [7, 11) is 0. The number of benzene rings is 2. The van der Waals surface area contributed by atoms with Crippen LogP contribution in [0.3, 0.4) is 0 Å². The molecule has 0 aromatic heterocycles. The number of amides is 1. The quantitative estimate of drug-likeness (QED) is 0.541. The fourth-order valence-corrected chi connectivity index (χ4v) is 4.61. The van der Waals surface area contributed by atoms with Gasteiger partial charge in [0.15, 0.2) is 11.5 Å². The van der Waals surface area contributed by atoms with Crippen LogP contribution in [0.2, 0.25) is 0 Å². The Balaban J connectivity index is 1.83. The number of ether oxygens (including phenoxy) is 3. The van der Waals surface area contributed by atoms with E-state index in [0.717, 1.165) is 30.9 Å². The molecule has 1 aliphatic rings. The van der Waals surface area contributed by atoms with Crippen LogP contribution in [0.4, 0.5) is 5.69 Å². The predicted molar refractivity (Wildman–Crippen MR) is 132 cm³/mol. The first kappa shape index (κ1) is 24.3. The maximum atomic E-state index is 13.2. The summed E-state index contributed by atoms with van der Waals surface area (Å²) in [5.41, 5.74) is 3.52. The second kappa shape index (κ2) is 12.0. The number of nitrogens with one attached hydrogen (secondary N) is 1. The zero-order chi connectivity index (χ0) is 22.9. The third-order valence-electron chi connectivity index (χ3n) is 5.23. The number of hydrogen-bond acceptors (Lipinski definition) is 6. The molecule has 2 aromatic carbocycles. The molecular weight excluding hydrogens is 424 g/mol. The lowest BCUT2D eigenvalue weighted by Gasteiger charge is -2.26. The van der Waals surface area contributed by atoms with Gasteiger partial charge in [0.2, 0.25) is 5.75 Å². The van der Waals surface area contributed by atoms with Crippen LogP contribution in [0.25, 0.3) is 0 Å². The molecule has 2 aromatic rings. The molecule has 32 heavy (non-hydrogen) atoms. The monoisotopic (exact) mass is 458 g/mol. The summed E-state index contributed by atoms with van der Waals surface area (Å²) in [5.74, 6) is 3.71. The second-order valence-corrected chi connectivity index (χ2v) is 8.82. The lowest BCUT2D eigenvalue weighted by atomic mass is 10.1. The molecule has 0 saturated carbocycles. The minimum absolute atomic E-state index is 0.204. The number of hydrogen-bond donors (Lipinski definition) is 1. The van der Waals surface area contributed by atoms with Gasteiger partial charge >= 0.3 is 0 Å². The topological polar surface area (TPSA) is 60.0 Å². The van der Waals surface area contributed by atoms with E-state index < -0.39 is 0 Å². The number of carbonyl (C=O) groups excluding carboxylic acids is 1. The number of aryl methyl sites for hydroxylation is 1. The molecule has 0 radical (unpaired) electrons. The maximum Gasteiger partial charge on any atom is 0.255 e. The largest absolute Gasteiger partial charge is 0.490 e. The number of nitrogens with zero attached hydrogens (tertiary/aromatic N) is 1. The van der Waals surface area contributed by atoms with E-state index in [-0.39, 0.29) is 5.91 Å². The molecule has 0 unspecified atom stereocenters. The second-order valence-electron chi connectivity index (χ2n) is 7.59. The van der Waals surface area contributed by atoms with Gasteiger partial charge in [-0.3, -0.25) is 9.69 Å². The first-order valence-electron chi connectivity index (χ1n) is 11.3. The molecule has 0 spiro atoms. The summed E-state index contributed by atoms with van der Waals surface area (Å²) in [6.45, 7) is 12.2. The van der Waals surface area contributed by atoms with Gasteiger partial charge in [-0.2, -0.15) is 11.8 Å². The normalized spacial score (nSPS) is 14.1. The van der Waals surface area contributed by atoms with E-state index in [9.17, 15) is 4.79 Å². The summed E-state index contributed by atoms with van der Waals surface area (Å²) >= 11 is 2.01. The van der Waals surface area contributed by atoms with E-state index in [1.54, 1.807) is 12.1 Å². The zero-order valence-electron chi connectivity index (χ0n) is 19.5. The summed E-state index contributed by atoms with van der Waals surface area (Å²) in [6, 6.07) is 9.73. The Bertz CT molecular complexity index is 886. The van der Waals surface area contributed by atoms with Crippen LogP contribution >= 0.6 is 11.8 Å². The molecule has 7 heteroatoms. The van der Waals surface area contributed by atoms with Gasteiger partial charge in [0.05, 0.1) is 19.8 Å². The van der Waals surface area contributed by atoms with Crippen molar-refractivity contribution < 1.29 is 19.0 Å². The highest BCUT2D eigenvalue weighted by atomic mass is 32.2. The van der Waals surface area contributed by atoms with Crippen molar-refractivity contribution >= 4 is 23.4 Å². The Hall–Kier alpha value is -2.38. The lowest BCUT2D eigenvalue weighted by molar-refractivity contribution is 0.102. The minimum atomic E-state index is -0.204. The van der Waals surface area contributed by atoms with Gasteiger partial charge in [-0.05, 0) is 57.0 Å². The molecule has 174 valence electrons. The third-order valence-corrected chi connectivity index (χ3v) is 6.17. The van der Waals surface area contributed by atoms with Crippen LogP contribution in [0, 0.1) is 6.92 Å². The Morgan fingerprint density at radius 3 is 2.19 bits per heavy atom. The van der Waals surface area contributed by atoms with Crippen LogP contribution in [0.5, 0.6) is 17.2 Å². The Morgan fingerprint density at radius 2 is 1.59 bits per heavy atom. The van der Waals surface area contributed by atoms with E-state index in [0.29, 0.717) is 42.6 Å². The van der Waals surface area contributed by atoms with Crippen molar-refractivity contribution in [2.24, 2.45) is 0 Å². The molecule has 1 amide bonds. The molecule has 0 aliphatic carbocycles. The maximum absolute atomic E-state index is 13.2. The summed E-state index contributed by atoms with van der Waals surface area (Å²) in [5, 5.41) is 3.08. The van der Waals surface area contributed by atoms with Crippen molar-refractivity contribution in [1.82, 2.24) is 4.90 Å². The van der Waals surface area contributed by atoms with E-state index in [2.05, 4.69) is 28.4 Å². The number of carbonyl (C=O) groups is 1. The molecule has 1 aliphatic heterocycles. The van der Waals surface area contributed by atoms with Gasteiger partial charge in [-0.25, -0.2) is 0 Å². The number of rotatable bonds is 10. The average molecular weight is 459 g/mol. The molecule has 3 rings (SSSR count). The Labute approximate surface area is 195 Å². The van der Waals surface area contributed by atoms with Crippen molar-refractivity contribution in [3.63, 3.8) is 0 Å². The SMILES string of the molecule is CCOc1cc(C(=O)Nc2cc(CN3CCSCC3)ccc2C)cc(OCC)c1OCC. The summed E-state index contributed by atoms with van der Waals surface area (Å²) < 4.78 is 17.3. The van der Waals surface area contributed by atoms with Crippen molar-refractivity contribution in [3.8, 4) is 17.2 Å². The van der Waals surface area contributed by atoms with Crippen molar-refractivity contribution in [3.05, 3.63) is 47.0 Å². The Morgan fingerprint density at radius 1 is 0.969 bits per heavy atom. The van der Waals surface area contributed by atoms with E-state index in [1.165, 1.54) is 17.1 Å². The molecule has 1 saturated heterocycles. The smallest absolute Gasteiger partial charge is 0.255 e. The van der Waals surface area contributed by atoms with Gasteiger partial charge < -0.3 is 19.5 Å². The van der Waals surface area contributed by atoms with Crippen LogP contribution in [-0.4, -0.2) is 55.2 Å². The molecular formula is C25H34N2O4S. The van der Waals surface area contributed by atoms with Crippen molar-refractivity contribution in [2.75, 3.05) is 49.7 Å². The highest BCUT2D eigenvalue weighted by molar-refractivity contribution is 7.99. The van der Waals surface area contributed by atoms with Crippen molar-refractivity contribution in [2.45, 2.75) is 34.2 Å². The van der Waals surface area contributed by atoms with E-state index in [4.69, 9.17) is 14.2 Å². The highest BCUT2D eigenvalue weighted by Crippen LogP contribution is 2.39. The molecule has 6 nitrogen and oxygen atoms in total. The average Bonchev–Trinajstić information content (AvgIpc) is 2.79. The van der Waals surface area contributed by atoms with Gasteiger partial charge in [0.1, 0.15) is 0 Å². The number of anilines is 1. The van der Waals surface area contributed by atoms with Crippen LogP contribution in [-0.2, 0) is 6.54 Å². The van der Waals surface area contributed by atoms with E-state index in [1.807, 2.05) is 39.5 Å². The van der Waals surface area contributed by atoms with Gasteiger partial charge in [0.25, 0.3) is 5.91 Å². The molecule has 1 N–H and O–H groups in total. The molecule has 0 atom stereocenters. The molecule has 0 bridgehead atoms. The van der Waals surface area contributed by atoms with Crippen LogP contribution < -0.4 is 19.5 Å². The van der Waals surface area contributed by atoms with Crippen molar-refractivity contribution in [1.29, 1.82) is 0 Å². The lowest BCUT2D eigenvalue weighted by Crippen LogP contribution is -2.32. The third kappa shape index (κ3) is 6.33. The van der Waals surface area contributed by atoms with Crippen LogP contribution in [0.15, 0.2) is 30.3 Å². The molecule has 1 heterocycles. The predicted octanol–water partition coefficient (Wildman–Crippen LogP) is 4.99. The fourth-order valence-electron chi connectivity index (χ4n) is 3.63. The van der Waals surface area contributed by atoms with Crippen LogP contribution in [0.1, 0.15) is 42.3 Å². The Kier molecular flexibility index (Phi) is 9.11. The molecule has 1 fully saturated rings. The summed E-state index contributed by atoms with van der Waals surface area (Å²) in [4.78, 5) is 15.6. The standard InChI is InChI=1S/C25H34N2O4S/c1-5-29-22-15-20(16-23(30-6-2)24(22)31-7-3)25(28)26-21-14-19(9-8-18(21)4)17-27-10-12-32-13-11-27/h8-9,14-16H,5-7,10-13,17H2,1-4H3,(H,26,28). The van der Waals surface area contributed by atoms with Gasteiger partial charge in [-0.1, -0.05) is 12.1 Å². The number of thioether (sulfide) groups is 1. The first-order valence-corrected chi connectivity index (χ1v) is 12.5. The van der Waals surface area contributed by atoms with E-state index >= 15 is 0 Å². The minimum Gasteiger partial charge on any atom is -0.490 e.